The molecule has 2 rings (SSSR count). The fraction of sp³-hybridized carbons (Fsp3) is 0.714. The van der Waals surface area contributed by atoms with Gasteiger partial charge in [0, 0.05) is 30.4 Å². The first-order chi connectivity index (χ1) is 9.93. The predicted molar refractivity (Wildman–Crippen MR) is 75.3 cm³/mol. The van der Waals surface area contributed by atoms with E-state index < -0.39 is 6.55 Å². The van der Waals surface area contributed by atoms with E-state index in [1.165, 1.54) is 0 Å². The van der Waals surface area contributed by atoms with Gasteiger partial charge in [-0.1, -0.05) is 0 Å². The molecule has 0 spiro atoms. The number of nitrogens with one attached hydrogen (secondary N) is 1. The molecule has 1 aliphatic heterocycles. The van der Waals surface area contributed by atoms with Crippen LogP contribution in [0.5, 0.6) is 0 Å². The molecule has 5 nitrogen and oxygen atoms in total. The van der Waals surface area contributed by atoms with Crippen molar-refractivity contribution in [3.05, 3.63) is 17.0 Å². The summed E-state index contributed by atoms with van der Waals surface area (Å²) < 4.78 is 26.3. The van der Waals surface area contributed by atoms with Crippen LogP contribution >= 0.6 is 0 Å². The molecule has 1 fully saturated rings. The van der Waals surface area contributed by atoms with E-state index in [-0.39, 0.29) is 12.3 Å². The summed E-state index contributed by atoms with van der Waals surface area (Å²) in [7, 11) is 1.89. The third-order valence-corrected chi connectivity index (χ3v) is 4.17. The van der Waals surface area contributed by atoms with Crippen molar-refractivity contribution in [3.8, 4) is 0 Å². The number of hydrogen-bond donors (Lipinski definition) is 1. The molecular formula is C14H22F2N4O. The summed E-state index contributed by atoms with van der Waals surface area (Å²) in [6, 6.07) is 0.314. The zero-order valence-electron chi connectivity index (χ0n) is 12.7. The van der Waals surface area contributed by atoms with Crippen molar-refractivity contribution in [1.82, 2.24) is 20.0 Å². The highest BCUT2D eigenvalue weighted by molar-refractivity contribution is 5.79. The monoisotopic (exact) mass is 300 g/mol. The number of nitrogens with zero attached hydrogens (tertiary/aromatic N) is 3. The molecule has 0 saturated carbocycles. The lowest BCUT2D eigenvalue weighted by molar-refractivity contribution is -0.131. The lowest BCUT2D eigenvalue weighted by atomic mass is 10.0. The lowest BCUT2D eigenvalue weighted by Gasteiger charge is -2.32. The van der Waals surface area contributed by atoms with E-state index in [4.69, 9.17) is 0 Å². The maximum atomic E-state index is 12.8. The second kappa shape index (κ2) is 6.51. The molecule has 0 radical (unpaired) electrons. The summed E-state index contributed by atoms with van der Waals surface area (Å²) in [5, 5.41) is 7.01. The number of piperidine rings is 1. The highest BCUT2D eigenvalue weighted by Crippen LogP contribution is 2.21. The largest absolute Gasteiger partial charge is 0.341 e. The smallest absolute Gasteiger partial charge is 0.333 e. The normalized spacial score (nSPS) is 19.3. The minimum absolute atomic E-state index is 0.0185. The fourth-order valence-electron chi connectivity index (χ4n) is 2.85. The van der Waals surface area contributed by atoms with Gasteiger partial charge in [0.05, 0.1) is 12.1 Å². The number of aryl methyl sites for hydroxylation is 1. The Morgan fingerprint density at radius 2 is 2.19 bits per heavy atom. The molecule has 1 N–H and O–H groups in total. The summed E-state index contributed by atoms with van der Waals surface area (Å²) >= 11 is 0. The Balaban J connectivity index is 2.09. The first-order valence-electron chi connectivity index (χ1n) is 7.21. The SMILES string of the molecule is CNC1CCCN(C(=O)Cc2c(C)nn(C(F)F)c2C)C1. The van der Waals surface area contributed by atoms with Gasteiger partial charge in [0.1, 0.15) is 0 Å². The first kappa shape index (κ1) is 15.9. The van der Waals surface area contributed by atoms with Crippen LogP contribution in [0.4, 0.5) is 8.78 Å². The Morgan fingerprint density at radius 3 is 2.76 bits per heavy atom. The zero-order chi connectivity index (χ0) is 15.6. The quantitative estimate of drug-likeness (QED) is 0.920. The number of carbonyl (C=O) groups is 1. The second-order valence-corrected chi connectivity index (χ2v) is 5.52. The highest BCUT2D eigenvalue weighted by Gasteiger charge is 2.25. The van der Waals surface area contributed by atoms with Gasteiger partial charge in [-0.05, 0) is 33.7 Å². The van der Waals surface area contributed by atoms with Crippen LogP contribution in [-0.4, -0.2) is 46.8 Å². The standard InChI is InChI=1S/C14H22F2N4O/c1-9-12(10(2)20(18-9)14(15)16)7-13(21)19-6-4-5-11(8-19)17-3/h11,14,17H,4-8H2,1-3H3. The van der Waals surface area contributed by atoms with Crippen LogP contribution in [-0.2, 0) is 11.2 Å². The summed E-state index contributed by atoms with van der Waals surface area (Å²) in [5.41, 5.74) is 1.49. The van der Waals surface area contributed by atoms with Crippen LogP contribution in [0, 0.1) is 13.8 Å². The average molecular weight is 300 g/mol. The average Bonchev–Trinajstić information content (AvgIpc) is 2.75. The lowest BCUT2D eigenvalue weighted by Crippen LogP contribution is -2.47. The maximum absolute atomic E-state index is 12.8. The first-order valence-corrected chi connectivity index (χ1v) is 7.21. The number of aromatic nitrogens is 2. The summed E-state index contributed by atoms with van der Waals surface area (Å²) in [6.45, 7) is 1.99. The Hall–Kier alpha value is -1.50. The van der Waals surface area contributed by atoms with E-state index >= 15 is 0 Å². The van der Waals surface area contributed by atoms with E-state index in [1.807, 2.05) is 11.9 Å². The van der Waals surface area contributed by atoms with Crippen LogP contribution in [0.1, 0.15) is 36.3 Å². The summed E-state index contributed by atoms with van der Waals surface area (Å²) in [5.74, 6) is -0.0185. The van der Waals surface area contributed by atoms with Crippen LogP contribution in [0.25, 0.3) is 0 Å². The van der Waals surface area contributed by atoms with Gasteiger partial charge < -0.3 is 10.2 Å². The second-order valence-electron chi connectivity index (χ2n) is 5.52. The van der Waals surface area contributed by atoms with Crippen LogP contribution < -0.4 is 5.32 Å². The number of likely N-dealkylation sites (N-methyl/N-ethyl adjacent to an activating group) is 1. The molecule has 0 bridgehead atoms. The highest BCUT2D eigenvalue weighted by atomic mass is 19.3. The minimum Gasteiger partial charge on any atom is -0.341 e. The molecule has 0 aromatic carbocycles. The molecule has 7 heteroatoms. The molecule has 1 saturated heterocycles. The molecule has 1 aromatic rings. The number of hydrogen-bond acceptors (Lipinski definition) is 3. The van der Waals surface area contributed by atoms with Crippen molar-refractivity contribution in [2.24, 2.45) is 0 Å². The van der Waals surface area contributed by atoms with Crippen LogP contribution in [0.2, 0.25) is 0 Å². The van der Waals surface area contributed by atoms with Crippen molar-refractivity contribution in [2.45, 2.75) is 45.7 Å². The minimum atomic E-state index is -2.67. The molecule has 21 heavy (non-hydrogen) atoms. The number of halogens is 2. The van der Waals surface area contributed by atoms with E-state index in [0.717, 1.165) is 19.4 Å². The van der Waals surface area contributed by atoms with Crippen molar-refractivity contribution in [1.29, 1.82) is 0 Å². The van der Waals surface area contributed by atoms with Gasteiger partial charge in [-0.15, -0.1) is 0 Å². The van der Waals surface area contributed by atoms with Gasteiger partial charge in [0.2, 0.25) is 5.91 Å². The Morgan fingerprint density at radius 1 is 1.48 bits per heavy atom. The molecule has 0 aliphatic carbocycles. The number of alkyl halides is 2. The van der Waals surface area contributed by atoms with E-state index in [1.54, 1.807) is 13.8 Å². The fourth-order valence-corrected chi connectivity index (χ4v) is 2.85. The van der Waals surface area contributed by atoms with Crippen LogP contribution in [0.3, 0.4) is 0 Å². The Kier molecular flexibility index (Phi) is 4.92. The number of likely N-dealkylation sites (tertiary alicyclic amines) is 1. The van der Waals surface area contributed by atoms with Crippen molar-refractivity contribution >= 4 is 5.91 Å². The van der Waals surface area contributed by atoms with Crippen molar-refractivity contribution < 1.29 is 13.6 Å². The van der Waals surface area contributed by atoms with Gasteiger partial charge in [-0.3, -0.25) is 4.79 Å². The zero-order valence-corrected chi connectivity index (χ0v) is 12.7. The molecule has 1 amide bonds. The molecule has 1 aromatic heterocycles. The molecule has 1 unspecified atom stereocenters. The predicted octanol–water partition coefficient (Wildman–Crippen LogP) is 1.65. The Labute approximate surface area is 123 Å². The number of amides is 1. The summed E-state index contributed by atoms with van der Waals surface area (Å²) in [4.78, 5) is 14.2. The van der Waals surface area contributed by atoms with Gasteiger partial charge >= 0.3 is 6.55 Å². The Bertz CT molecular complexity index is 515. The number of rotatable bonds is 4. The van der Waals surface area contributed by atoms with Crippen molar-refractivity contribution in [2.75, 3.05) is 20.1 Å². The number of carbonyl (C=O) groups excluding carboxylic acids is 1. The van der Waals surface area contributed by atoms with Gasteiger partial charge in [-0.25, -0.2) is 4.68 Å². The maximum Gasteiger partial charge on any atom is 0.333 e. The van der Waals surface area contributed by atoms with E-state index in [9.17, 15) is 13.6 Å². The van der Waals surface area contributed by atoms with Gasteiger partial charge in [0.25, 0.3) is 0 Å². The molecular weight excluding hydrogens is 278 g/mol. The molecule has 1 atom stereocenters. The third kappa shape index (κ3) is 3.40. The topological polar surface area (TPSA) is 50.2 Å². The van der Waals surface area contributed by atoms with Crippen LogP contribution in [0.15, 0.2) is 0 Å². The molecule has 1 aliphatic rings. The summed E-state index contributed by atoms with van der Waals surface area (Å²) in [6.07, 6.45) is 2.16. The third-order valence-electron chi connectivity index (χ3n) is 4.17. The molecule has 2 heterocycles. The van der Waals surface area contributed by atoms with E-state index in [0.29, 0.717) is 34.2 Å². The molecule has 118 valence electrons. The van der Waals surface area contributed by atoms with E-state index in [2.05, 4.69) is 10.4 Å². The van der Waals surface area contributed by atoms with Gasteiger partial charge in [-0.2, -0.15) is 13.9 Å². The van der Waals surface area contributed by atoms with Gasteiger partial charge in [0.15, 0.2) is 0 Å². The van der Waals surface area contributed by atoms with Crippen molar-refractivity contribution in [3.63, 3.8) is 0 Å².